The Morgan fingerprint density at radius 1 is 1.50 bits per heavy atom. The highest BCUT2D eigenvalue weighted by atomic mass is 16.6. The lowest BCUT2D eigenvalue weighted by atomic mass is 9.90. The van der Waals surface area contributed by atoms with Gasteiger partial charge in [-0.25, -0.2) is 0 Å². The first-order chi connectivity index (χ1) is 9.42. The van der Waals surface area contributed by atoms with E-state index < -0.39 is 10.5 Å². The van der Waals surface area contributed by atoms with Crippen molar-refractivity contribution in [3.63, 3.8) is 0 Å². The molecule has 108 valence electrons. The third-order valence-electron chi connectivity index (χ3n) is 3.56. The van der Waals surface area contributed by atoms with Crippen molar-refractivity contribution in [3.8, 4) is 5.75 Å². The van der Waals surface area contributed by atoms with Crippen LogP contribution in [0.5, 0.6) is 5.75 Å². The van der Waals surface area contributed by atoms with Gasteiger partial charge in [-0.1, -0.05) is 0 Å². The summed E-state index contributed by atoms with van der Waals surface area (Å²) < 4.78 is 0. The van der Waals surface area contributed by atoms with Crippen molar-refractivity contribution in [2.24, 2.45) is 0 Å². The number of hydrogen-bond acceptors (Lipinski definition) is 5. The Bertz CT molecular complexity index is 538. The molecule has 3 N–H and O–H groups in total. The highest BCUT2D eigenvalue weighted by Gasteiger charge is 2.34. The number of piperidine rings is 1. The molecule has 1 atom stereocenters. The molecule has 0 spiro atoms. The molecule has 1 aliphatic rings. The van der Waals surface area contributed by atoms with Crippen molar-refractivity contribution < 1.29 is 14.8 Å². The van der Waals surface area contributed by atoms with E-state index in [0.717, 1.165) is 25.5 Å². The molecule has 1 amide bonds. The summed E-state index contributed by atoms with van der Waals surface area (Å²) in [5.41, 5.74) is -0.719. The molecule has 0 radical (unpaired) electrons. The van der Waals surface area contributed by atoms with Crippen molar-refractivity contribution in [2.75, 3.05) is 11.9 Å². The molecule has 0 aliphatic carbocycles. The third kappa shape index (κ3) is 2.88. The molecule has 0 bridgehead atoms. The monoisotopic (exact) mass is 279 g/mol. The van der Waals surface area contributed by atoms with Crippen LogP contribution in [-0.2, 0) is 4.79 Å². The summed E-state index contributed by atoms with van der Waals surface area (Å²) in [6.07, 6.45) is 2.71. The molecule has 1 aliphatic heterocycles. The SMILES string of the molecule is CC1(C(=O)Nc2ccc([N+](=O)[O-])cc2O)CCCCN1. The number of benzene rings is 1. The Hall–Kier alpha value is -2.15. The minimum absolute atomic E-state index is 0.175. The Morgan fingerprint density at radius 3 is 2.80 bits per heavy atom. The summed E-state index contributed by atoms with van der Waals surface area (Å²) in [5, 5.41) is 26.1. The Balaban J connectivity index is 2.13. The normalized spacial score (nSPS) is 22.2. The number of aromatic hydroxyl groups is 1. The minimum atomic E-state index is -0.674. The molecule has 2 rings (SSSR count). The molecule has 1 heterocycles. The van der Waals surface area contributed by atoms with Gasteiger partial charge in [0.15, 0.2) is 0 Å². The molecule has 1 aromatic rings. The predicted molar refractivity (Wildman–Crippen MR) is 73.6 cm³/mol. The van der Waals surface area contributed by atoms with Gasteiger partial charge in [-0.15, -0.1) is 0 Å². The molecule has 1 aromatic carbocycles. The third-order valence-corrected chi connectivity index (χ3v) is 3.56. The lowest BCUT2D eigenvalue weighted by Gasteiger charge is -2.33. The summed E-state index contributed by atoms with van der Waals surface area (Å²) in [4.78, 5) is 22.2. The largest absolute Gasteiger partial charge is 0.506 e. The molecule has 0 aromatic heterocycles. The number of nitrogens with zero attached hydrogens (tertiary/aromatic N) is 1. The highest BCUT2D eigenvalue weighted by molar-refractivity contribution is 5.99. The van der Waals surface area contributed by atoms with Gasteiger partial charge in [0.2, 0.25) is 5.91 Å². The number of phenols is 1. The van der Waals surface area contributed by atoms with Crippen molar-refractivity contribution in [3.05, 3.63) is 28.3 Å². The van der Waals surface area contributed by atoms with Crippen LogP contribution in [0.15, 0.2) is 18.2 Å². The van der Waals surface area contributed by atoms with Crippen LogP contribution in [0.2, 0.25) is 0 Å². The lowest BCUT2D eigenvalue weighted by molar-refractivity contribution is -0.384. The van der Waals surface area contributed by atoms with E-state index in [1.165, 1.54) is 12.1 Å². The topological polar surface area (TPSA) is 104 Å². The number of carbonyl (C=O) groups is 1. The first-order valence-electron chi connectivity index (χ1n) is 6.46. The van der Waals surface area contributed by atoms with Crippen molar-refractivity contribution >= 4 is 17.3 Å². The summed E-state index contributed by atoms with van der Waals surface area (Å²) in [6.45, 7) is 2.58. The van der Waals surface area contributed by atoms with Gasteiger partial charge in [0, 0.05) is 6.07 Å². The van der Waals surface area contributed by atoms with Gasteiger partial charge < -0.3 is 15.7 Å². The van der Waals surface area contributed by atoms with Crippen LogP contribution in [0.1, 0.15) is 26.2 Å². The fourth-order valence-electron chi connectivity index (χ4n) is 2.25. The number of amides is 1. The van der Waals surface area contributed by atoms with Gasteiger partial charge in [-0.3, -0.25) is 14.9 Å². The molecule has 7 heteroatoms. The molecule has 20 heavy (non-hydrogen) atoms. The summed E-state index contributed by atoms with van der Waals surface area (Å²) >= 11 is 0. The smallest absolute Gasteiger partial charge is 0.273 e. The Kier molecular flexibility index (Phi) is 3.89. The van der Waals surface area contributed by atoms with Crippen LogP contribution in [0, 0.1) is 10.1 Å². The first kappa shape index (κ1) is 14.3. The van der Waals surface area contributed by atoms with Crippen LogP contribution in [0.4, 0.5) is 11.4 Å². The quantitative estimate of drug-likeness (QED) is 0.444. The second kappa shape index (κ2) is 5.46. The number of carbonyl (C=O) groups excluding carboxylic acids is 1. The van der Waals surface area contributed by atoms with E-state index in [4.69, 9.17) is 0 Å². The predicted octanol–water partition coefficient (Wildman–Crippen LogP) is 1.77. The lowest BCUT2D eigenvalue weighted by Crippen LogP contribution is -2.54. The number of rotatable bonds is 3. The van der Waals surface area contributed by atoms with E-state index in [1.54, 1.807) is 0 Å². The molecular formula is C13H17N3O4. The molecule has 7 nitrogen and oxygen atoms in total. The number of nitrogens with one attached hydrogen (secondary N) is 2. The number of phenolic OH excluding ortho intramolecular Hbond substituents is 1. The van der Waals surface area contributed by atoms with Gasteiger partial charge >= 0.3 is 0 Å². The maximum Gasteiger partial charge on any atom is 0.273 e. The van der Waals surface area contributed by atoms with Crippen molar-refractivity contribution in [1.82, 2.24) is 5.32 Å². The van der Waals surface area contributed by atoms with Crippen LogP contribution in [0.3, 0.4) is 0 Å². The molecular weight excluding hydrogens is 262 g/mol. The number of non-ortho nitro benzene ring substituents is 1. The van der Waals surface area contributed by atoms with E-state index in [1.807, 2.05) is 6.92 Å². The van der Waals surface area contributed by atoms with Crippen LogP contribution in [-0.4, -0.2) is 28.0 Å². The van der Waals surface area contributed by atoms with Gasteiger partial charge in [0.25, 0.3) is 5.69 Å². The fourth-order valence-corrected chi connectivity index (χ4v) is 2.25. The second-order valence-corrected chi connectivity index (χ2v) is 5.13. The minimum Gasteiger partial charge on any atom is -0.506 e. The van der Waals surface area contributed by atoms with E-state index in [0.29, 0.717) is 6.42 Å². The van der Waals surface area contributed by atoms with E-state index in [-0.39, 0.29) is 23.0 Å². The second-order valence-electron chi connectivity index (χ2n) is 5.13. The fraction of sp³-hybridized carbons (Fsp3) is 0.462. The van der Waals surface area contributed by atoms with E-state index in [2.05, 4.69) is 10.6 Å². The maximum atomic E-state index is 12.2. The number of nitro groups is 1. The van der Waals surface area contributed by atoms with Gasteiger partial charge in [0.05, 0.1) is 22.2 Å². The summed E-state index contributed by atoms with van der Waals surface area (Å²) in [5.74, 6) is -0.562. The van der Waals surface area contributed by atoms with Gasteiger partial charge in [-0.2, -0.15) is 0 Å². The van der Waals surface area contributed by atoms with Crippen LogP contribution < -0.4 is 10.6 Å². The van der Waals surface area contributed by atoms with Gasteiger partial charge in [0.1, 0.15) is 5.75 Å². The Labute approximate surface area is 116 Å². The standard InChI is InChI=1S/C13H17N3O4/c1-13(6-2-3-7-14-13)12(18)15-10-5-4-9(16(19)20)8-11(10)17/h4-5,8,14,17H,2-3,6-7H2,1H3,(H,15,18). The zero-order valence-electron chi connectivity index (χ0n) is 11.2. The number of hydrogen-bond donors (Lipinski definition) is 3. The number of nitro benzene ring substituents is 1. The maximum absolute atomic E-state index is 12.2. The summed E-state index contributed by atoms with van der Waals surface area (Å²) in [7, 11) is 0. The zero-order valence-corrected chi connectivity index (χ0v) is 11.2. The van der Waals surface area contributed by atoms with Crippen molar-refractivity contribution in [1.29, 1.82) is 0 Å². The average Bonchev–Trinajstić information content (AvgIpc) is 2.41. The number of anilines is 1. The molecule has 1 fully saturated rings. The Morgan fingerprint density at radius 2 is 2.25 bits per heavy atom. The summed E-state index contributed by atoms with van der Waals surface area (Å²) in [6, 6.07) is 3.59. The van der Waals surface area contributed by atoms with E-state index >= 15 is 0 Å². The first-order valence-corrected chi connectivity index (χ1v) is 6.46. The molecule has 0 saturated carbocycles. The highest BCUT2D eigenvalue weighted by Crippen LogP contribution is 2.29. The van der Waals surface area contributed by atoms with Gasteiger partial charge in [-0.05, 0) is 38.8 Å². The molecule has 1 unspecified atom stereocenters. The van der Waals surface area contributed by atoms with Crippen molar-refractivity contribution in [2.45, 2.75) is 31.7 Å². The van der Waals surface area contributed by atoms with Crippen LogP contribution in [0.25, 0.3) is 0 Å². The van der Waals surface area contributed by atoms with E-state index in [9.17, 15) is 20.0 Å². The zero-order chi connectivity index (χ0) is 14.8. The molecule has 1 saturated heterocycles. The van der Waals surface area contributed by atoms with Crippen LogP contribution >= 0.6 is 0 Å². The average molecular weight is 279 g/mol.